The molecule has 0 N–H and O–H groups in total. The first-order chi connectivity index (χ1) is 17.7. The molecule has 0 unspecified atom stereocenters. The van der Waals surface area contributed by atoms with Crippen molar-refractivity contribution in [2.24, 2.45) is 0 Å². The van der Waals surface area contributed by atoms with Gasteiger partial charge in [0, 0.05) is 38.3 Å². The van der Waals surface area contributed by atoms with Crippen LogP contribution in [0.3, 0.4) is 0 Å². The van der Waals surface area contributed by atoms with Crippen molar-refractivity contribution in [2.75, 3.05) is 45.0 Å². The standard InChI is InChI=1S/C25H23N7O4/c1-34-19-4-2-3-18(14-19)32-25-23(28-29-32)24(26-15-27-25)31-11-9-30(10-12-31)22(33)8-6-17-5-7-20-21(13-17)36-16-35-20/h2-8,13-15H,9-12,16H2,1H3. The quantitative estimate of drug-likeness (QED) is 0.394. The Hall–Kier alpha value is -4.67. The minimum Gasteiger partial charge on any atom is -0.497 e. The number of hydrogen-bond donors (Lipinski definition) is 0. The van der Waals surface area contributed by atoms with Crippen molar-refractivity contribution in [3.8, 4) is 22.9 Å². The van der Waals surface area contributed by atoms with Crippen LogP contribution in [0.2, 0.25) is 0 Å². The second-order valence-corrected chi connectivity index (χ2v) is 8.33. The second kappa shape index (κ2) is 9.17. The molecule has 2 aliphatic rings. The topological polar surface area (TPSA) is 108 Å². The second-order valence-electron chi connectivity index (χ2n) is 8.33. The van der Waals surface area contributed by atoms with Gasteiger partial charge in [-0.15, -0.1) is 5.10 Å². The Morgan fingerprint density at radius 3 is 2.75 bits per heavy atom. The van der Waals surface area contributed by atoms with E-state index in [9.17, 15) is 4.79 Å². The van der Waals surface area contributed by atoms with E-state index in [1.807, 2.05) is 47.4 Å². The van der Waals surface area contributed by atoms with Crippen LogP contribution in [0, 0.1) is 0 Å². The molecule has 1 saturated heterocycles. The van der Waals surface area contributed by atoms with Crippen molar-refractivity contribution in [3.05, 3.63) is 60.4 Å². The van der Waals surface area contributed by atoms with Gasteiger partial charge in [0.2, 0.25) is 12.7 Å². The van der Waals surface area contributed by atoms with E-state index in [4.69, 9.17) is 14.2 Å². The molecule has 2 aliphatic heterocycles. The molecule has 6 rings (SSSR count). The number of fused-ring (bicyclic) bond motifs is 2. The first-order valence-corrected chi connectivity index (χ1v) is 11.5. The number of benzene rings is 2. The van der Waals surface area contributed by atoms with Gasteiger partial charge in [0.15, 0.2) is 28.5 Å². The van der Waals surface area contributed by atoms with Crippen LogP contribution in [0.25, 0.3) is 22.9 Å². The number of nitrogens with zero attached hydrogens (tertiary/aromatic N) is 7. The summed E-state index contributed by atoms with van der Waals surface area (Å²) in [6, 6.07) is 13.2. The Bertz CT molecular complexity index is 1460. The lowest BCUT2D eigenvalue weighted by molar-refractivity contribution is -0.126. The van der Waals surface area contributed by atoms with Gasteiger partial charge in [0.25, 0.3) is 0 Å². The number of carbonyl (C=O) groups excluding carboxylic acids is 1. The minimum absolute atomic E-state index is 0.0379. The van der Waals surface area contributed by atoms with E-state index in [0.29, 0.717) is 48.9 Å². The Balaban J connectivity index is 1.15. The Kier molecular flexibility index (Phi) is 5.56. The Morgan fingerprint density at radius 2 is 1.89 bits per heavy atom. The SMILES string of the molecule is COc1cccc(-n2nnc3c(N4CCN(C(=O)C=Cc5ccc6c(c5)OCO6)CC4)ncnc32)c1. The van der Waals surface area contributed by atoms with E-state index in [1.54, 1.807) is 23.9 Å². The molecular formula is C25H23N7O4. The molecular weight excluding hydrogens is 462 g/mol. The van der Waals surface area contributed by atoms with Gasteiger partial charge in [-0.1, -0.05) is 17.3 Å². The fourth-order valence-electron chi connectivity index (χ4n) is 4.31. The highest BCUT2D eigenvalue weighted by Crippen LogP contribution is 2.33. The third-order valence-electron chi connectivity index (χ3n) is 6.22. The monoisotopic (exact) mass is 485 g/mol. The predicted molar refractivity (Wildman–Crippen MR) is 131 cm³/mol. The summed E-state index contributed by atoms with van der Waals surface area (Å²) >= 11 is 0. The number of piperazine rings is 1. The molecule has 1 amide bonds. The highest BCUT2D eigenvalue weighted by atomic mass is 16.7. The summed E-state index contributed by atoms with van der Waals surface area (Å²) in [4.78, 5) is 25.6. The molecule has 0 atom stereocenters. The third-order valence-corrected chi connectivity index (χ3v) is 6.22. The number of ether oxygens (including phenoxy) is 3. The highest BCUT2D eigenvalue weighted by molar-refractivity contribution is 5.92. The molecule has 11 nitrogen and oxygen atoms in total. The first-order valence-electron chi connectivity index (χ1n) is 11.5. The zero-order chi connectivity index (χ0) is 24.5. The van der Waals surface area contributed by atoms with E-state index in [1.165, 1.54) is 6.33 Å². The summed E-state index contributed by atoms with van der Waals surface area (Å²) in [6.45, 7) is 2.62. The number of anilines is 1. The molecule has 11 heteroatoms. The van der Waals surface area contributed by atoms with E-state index < -0.39 is 0 Å². The molecule has 4 aromatic rings. The van der Waals surface area contributed by atoms with Crippen molar-refractivity contribution in [3.63, 3.8) is 0 Å². The molecule has 4 heterocycles. The van der Waals surface area contributed by atoms with Crippen molar-refractivity contribution in [1.29, 1.82) is 0 Å². The normalized spacial score (nSPS) is 15.1. The lowest BCUT2D eigenvalue weighted by Crippen LogP contribution is -2.48. The number of rotatable bonds is 5. The number of hydrogen-bond acceptors (Lipinski definition) is 9. The van der Waals surface area contributed by atoms with Crippen LogP contribution in [0.4, 0.5) is 5.82 Å². The molecule has 0 aliphatic carbocycles. The lowest BCUT2D eigenvalue weighted by Gasteiger charge is -2.34. The average Bonchev–Trinajstić information content (AvgIpc) is 3.58. The van der Waals surface area contributed by atoms with Crippen LogP contribution in [-0.2, 0) is 4.79 Å². The predicted octanol–water partition coefficient (Wildman–Crippen LogP) is 2.31. The van der Waals surface area contributed by atoms with Gasteiger partial charge in [0.1, 0.15) is 12.1 Å². The lowest BCUT2D eigenvalue weighted by atomic mass is 10.2. The fraction of sp³-hybridized carbons (Fsp3) is 0.240. The molecule has 0 spiro atoms. The Morgan fingerprint density at radius 1 is 1.03 bits per heavy atom. The maximum Gasteiger partial charge on any atom is 0.246 e. The molecule has 0 radical (unpaired) electrons. The number of aromatic nitrogens is 5. The van der Waals surface area contributed by atoms with Crippen molar-refractivity contribution in [1.82, 2.24) is 29.9 Å². The summed E-state index contributed by atoms with van der Waals surface area (Å²) < 4.78 is 17.7. The van der Waals surface area contributed by atoms with Gasteiger partial charge in [0.05, 0.1) is 12.8 Å². The van der Waals surface area contributed by atoms with Crippen LogP contribution >= 0.6 is 0 Å². The average molecular weight is 486 g/mol. The van der Waals surface area contributed by atoms with Gasteiger partial charge in [-0.25, -0.2) is 9.97 Å². The molecule has 36 heavy (non-hydrogen) atoms. The van der Waals surface area contributed by atoms with Gasteiger partial charge in [-0.2, -0.15) is 4.68 Å². The van der Waals surface area contributed by atoms with E-state index >= 15 is 0 Å². The zero-order valence-corrected chi connectivity index (χ0v) is 19.6. The maximum absolute atomic E-state index is 12.8. The maximum atomic E-state index is 12.8. The third kappa shape index (κ3) is 4.04. The molecule has 0 bridgehead atoms. The van der Waals surface area contributed by atoms with Crippen LogP contribution in [0.5, 0.6) is 17.2 Å². The summed E-state index contributed by atoms with van der Waals surface area (Å²) in [5.74, 6) is 2.80. The molecule has 1 fully saturated rings. The summed E-state index contributed by atoms with van der Waals surface area (Å²) in [5, 5.41) is 8.67. The van der Waals surface area contributed by atoms with E-state index in [0.717, 1.165) is 22.7 Å². The van der Waals surface area contributed by atoms with Crippen molar-refractivity contribution < 1.29 is 19.0 Å². The van der Waals surface area contributed by atoms with Crippen LogP contribution in [-0.4, -0.2) is 75.9 Å². The number of carbonyl (C=O) groups is 1. The van der Waals surface area contributed by atoms with E-state index in [2.05, 4.69) is 25.2 Å². The van der Waals surface area contributed by atoms with Gasteiger partial charge in [-0.05, 0) is 35.9 Å². The molecule has 0 saturated carbocycles. The van der Waals surface area contributed by atoms with Crippen molar-refractivity contribution in [2.45, 2.75) is 0 Å². The largest absolute Gasteiger partial charge is 0.497 e. The summed E-state index contributed by atoms with van der Waals surface area (Å²) in [5.41, 5.74) is 2.90. The van der Waals surface area contributed by atoms with Crippen LogP contribution < -0.4 is 19.1 Å². The highest BCUT2D eigenvalue weighted by Gasteiger charge is 2.24. The number of methoxy groups -OCH3 is 1. The summed E-state index contributed by atoms with van der Waals surface area (Å²) in [6.07, 6.45) is 4.90. The zero-order valence-electron chi connectivity index (χ0n) is 19.6. The minimum atomic E-state index is -0.0379. The molecule has 182 valence electrons. The Labute approximate surface area is 206 Å². The molecule has 2 aromatic carbocycles. The van der Waals surface area contributed by atoms with E-state index in [-0.39, 0.29) is 12.7 Å². The van der Waals surface area contributed by atoms with Gasteiger partial charge < -0.3 is 24.0 Å². The van der Waals surface area contributed by atoms with Gasteiger partial charge in [-0.3, -0.25) is 4.79 Å². The van der Waals surface area contributed by atoms with Gasteiger partial charge >= 0.3 is 0 Å². The van der Waals surface area contributed by atoms with Crippen LogP contribution in [0.1, 0.15) is 5.56 Å². The van der Waals surface area contributed by atoms with Crippen LogP contribution in [0.15, 0.2) is 54.9 Å². The summed E-state index contributed by atoms with van der Waals surface area (Å²) in [7, 11) is 1.62. The van der Waals surface area contributed by atoms with Crippen molar-refractivity contribution >= 4 is 29.0 Å². The molecule has 2 aromatic heterocycles. The first kappa shape index (κ1) is 21.8. The smallest absolute Gasteiger partial charge is 0.246 e. The fourth-order valence-corrected chi connectivity index (χ4v) is 4.31. The number of amides is 1.